The molecule has 1 aliphatic heterocycles. The third kappa shape index (κ3) is 5.74. The van der Waals surface area contributed by atoms with Crippen molar-refractivity contribution in [2.24, 2.45) is 0 Å². The molecule has 0 radical (unpaired) electrons. The van der Waals surface area contributed by atoms with Crippen LogP contribution < -0.4 is 0 Å². The molecule has 0 N–H and O–H groups in total. The van der Waals surface area contributed by atoms with Crippen LogP contribution in [0.1, 0.15) is 19.8 Å². The zero-order chi connectivity index (χ0) is 15.8. The van der Waals surface area contributed by atoms with Gasteiger partial charge in [0.15, 0.2) is 6.79 Å². The topological polar surface area (TPSA) is 80.3 Å². The number of esters is 1. The lowest BCUT2D eigenvalue weighted by Crippen LogP contribution is -2.39. The Morgan fingerprint density at radius 2 is 1.90 bits per heavy atom. The van der Waals surface area contributed by atoms with Gasteiger partial charge in [-0.15, -0.1) is 0 Å². The number of methoxy groups -OCH3 is 2. The molecule has 0 aromatic carbocycles. The van der Waals surface area contributed by atoms with Gasteiger partial charge in [0.1, 0.15) is 31.9 Å². The maximum absolute atomic E-state index is 11.4. The minimum atomic E-state index is -0.459. The van der Waals surface area contributed by atoms with E-state index >= 15 is 0 Å². The summed E-state index contributed by atoms with van der Waals surface area (Å²) in [5, 5.41) is 0. The first-order chi connectivity index (χ1) is 9.99. The Kier molecular flexibility index (Phi) is 7.88. The second kappa shape index (κ2) is 9.14. The standard InChI is InChI=1S/C13H23BO7/c1-8(15)4-5-10(16)19-7-20-12-11(18-3)9(6-17-2)21-13(12)14/h9,11-13H,4-7,14H2,1-3H3/t9-,11?,12+,13-/m1/s1. The van der Waals surface area contributed by atoms with Crippen molar-refractivity contribution < 1.29 is 33.3 Å². The number of rotatable bonds is 9. The van der Waals surface area contributed by atoms with Crippen molar-refractivity contribution >= 4 is 19.6 Å². The van der Waals surface area contributed by atoms with Crippen molar-refractivity contribution in [1.82, 2.24) is 0 Å². The number of carbonyl (C=O) groups excluding carboxylic acids is 2. The molecule has 21 heavy (non-hydrogen) atoms. The van der Waals surface area contributed by atoms with Gasteiger partial charge < -0.3 is 28.5 Å². The van der Waals surface area contributed by atoms with Crippen LogP contribution in [-0.2, 0) is 33.3 Å². The van der Waals surface area contributed by atoms with Crippen molar-refractivity contribution in [1.29, 1.82) is 0 Å². The van der Waals surface area contributed by atoms with E-state index in [0.29, 0.717) is 6.61 Å². The summed E-state index contributed by atoms with van der Waals surface area (Å²) in [7, 11) is 5.03. The fourth-order valence-corrected chi connectivity index (χ4v) is 2.25. The van der Waals surface area contributed by atoms with Crippen molar-refractivity contribution in [2.75, 3.05) is 27.6 Å². The molecule has 120 valence electrons. The second-order valence-electron chi connectivity index (χ2n) is 5.00. The molecule has 0 aromatic heterocycles. The van der Waals surface area contributed by atoms with E-state index in [4.69, 9.17) is 23.7 Å². The van der Waals surface area contributed by atoms with E-state index in [-0.39, 0.29) is 49.7 Å². The van der Waals surface area contributed by atoms with Gasteiger partial charge in [-0.1, -0.05) is 0 Å². The van der Waals surface area contributed by atoms with E-state index in [1.54, 1.807) is 14.2 Å². The molecule has 0 aromatic rings. The Labute approximate surface area is 125 Å². The van der Waals surface area contributed by atoms with Gasteiger partial charge in [-0.3, -0.25) is 4.79 Å². The molecule has 1 unspecified atom stereocenters. The number of carbonyl (C=O) groups is 2. The molecule has 1 aliphatic rings. The largest absolute Gasteiger partial charge is 0.438 e. The van der Waals surface area contributed by atoms with Gasteiger partial charge in [0.05, 0.1) is 19.0 Å². The van der Waals surface area contributed by atoms with E-state index in [0.717, 1.165) is 0 Å². The minimum absolute atomic E-state index is 0.0486. The zero-order valence-corrected chi connectivity index (χ0v) is 13.0. The Balaban J connectivity index is 2.36. The third-order valence-corrected chi connectivity index (χ3v) is 3.31. The van der Waals surface area contributed by atoms with Gasteiger partial charge in [0, 0.05) is 20.6 Å². The quantitative estimate of drug-likeness (QED) is 0.315. The average molecular weight is 302 g/mol. The monoisotopic (exact) mass is 302 g/mol. The molecule has 7 nitrogen and oxygen atoms in total. The highest BCUT2D eigenvalue weighted by molar-refractivity contribution is 6.11. The smallest absolute Gasteiger partial charge is 0.308 e. The Morgan fingerprint density at radius 1 is 1.19 bits per heavy atom. The SMILES string of the molecule is B[C@@H]1O[C@H](COC)C(OC)[C@@H]1OCOC(=O)CCC(C)=O. The molecule has 0 saturated carbocycles. The number of hydrogen-bond donors (Lipinski definition) is 0. The van der Waals surface area contributed by atoms with Gasteiger partial charge in [0.2, 0.25) is 0 Å². The molecule has 0 bridgehead atoms. The molecule has 0 aliphatic carbocycles. The zero-order valence-electron chi connectivity index (χ0n) is 13.0. The molecular formula is C13H23BO7. The van der Waals surface area contributed by atoms with Crippen LogP contribution in [0.3, 0.4) is 0 Å². The van der Waals surface area contributed by atoms with Crippen molar-refractivity contribution in [3.8, 4) is 0 Å². The van der Waals surface area contributed by atoms with E-state index in [1.165, 1.54) is 6.92 Å². The predicted octanol–water partition coefficient (Wildman–Crippen LogP) is -0.739. The number of hydrogen-bond acceptors (Lipinski definition) is 7. The predicted molar refractivity (Wildman–Crippen MR) is 75.6 cm³/mol. The first-order valence-corrected chi connectivity index (χ1v) is 6.93. The van der Waals surface area contributed by atoms with E-state index in [9.17, 15) is 9.59 Å². The van der Waals surface area contributed by atoms with Gasteiger partial charge in [0.25, 0.3) is 0 Å². The molecule has 0 spiro atoms. The lowest BCUT2D eigenvalue weighted by atomic mass is 9.93. The summed E-state index contributed by atoms with van der Waals surface area (Å²) in [5.74, 6) is -0.508. The molecule has 1 heterocycles. The molecule has 4 atom stereocenters. The minimum Gasteiger partial charge on any atom is -0.438 e. The van der Waals surface area contributed by atoms with Crippen LogP contribution in [0.2, 0.25) is 0 Å². The number of ketones is 1. The van der Waals surface area contributed by atoms with Crippen LogP contribution in [0.5, 0.6) is 0 Å². The van der Waals surface area contributed by atoms with Crippen LogP contribution in [0.15, 0.2) is 0 Å². The van der Waals surface area contributed by atoms with Gasteiger partial charge >= 0.3 is 5.97 Å². The molecule has 0 amide bonds. The second-order valence-corrected chi connectivity index (χ2v) is 5.00. The summed E-state index contributed by atoms with van der Waals surface area (Å²) in [6.45, 7) is 1.65. The van der Waals surface area contributed by atoms with Gasteiger partial charge in [-0.2, -0.15) is 0 Å². The third-order valence-electron chi connectivity index (χ3n) is 3.31. The van der Waals surface area contributed by atoms with Crippen LogP contribution in [0, 0.1) is 0 Å². The van der Waals surface area contributed by atoms with Crippen molar-refractivity contribution in [3.63, 3.8) is 0 Å². The average Bonchev–Trinajstić information content (AvgIpc) is 2.72. The fraction of sp³-hybridized carbons (Fsp3) is 0.846. The van der Waals surface area contributed by atoms with Crippen molar-refractivity contribution in [3.05, 3.63) is 0 Å². The first-order valence-electron chi connectivity index (χ1n) is 6.93. The molecule has 1 rings (SSSR count). The van der Waals surface area contributed by atoms with Crippen LogP contribution in [0.25, 0.3) is 0 Å². The van der Waals surface area contributed by atoms with E-state index in [2.05, 4.69) is 0 Å². The molecule has 1 saturated heterocycles. The summed E-state index contributed by atoms with van der Waals surface area (Å²) in [6, 6.07) is -0.189. The summed E-state index contributed by atoms with van der Waals surface area (Å²) >= 11 is 0. The van der Waals surface area contributed by atoms with E-state index in [1.807, 2.05) is 7.85 Å². The normalized spacial score (nSPS) is 28.5. The van der Waals surface area contributed by atoms with E-state index < -0.39 is 5.97 Å². The Hall–Kier alpha value is -0.955. The van der Waals surface area contributed by atoms with Gasteiger partial charge in [-0.25, -0.2) is 0 Å². The first kappa shape index (κ1) is 18.1. The Morgan fingerprint density at radius 3 is 2.48 bits per heavy atom. The highest BCUT2D eigenvalue weighted by Gasteiger charge is 2.43. The summed E-state index contributed by atoms with van der Waals surface area (Å²) < 4.78 is 26.6. The summed E-state index contributed by atoms with van der Waals surface area (Å²) in [5.41, 5.74) is 0. The lowest BCUT2D eigenvalue weighted by molar-refractivity contribution is -0.167. The summed E-state index contributed by atoms with van der Waals surface area (Å²) in [4.78, 5) is 22.2. The lowest BCUT2D eigenvalue weighted by Gasteiger charge is -2.22. The molecule has 8 heteroatoms. The highest BCUT2D eigenvalue weighted by atomic mass is 16.7. The molecule has 1 fully saturated rings. The van der Waals surface area contributed by atoms with Crippen molar-refractivity contribution in [2.45, 2.75) is 44.1 Å². The number of Topliss-reactive ketones (excluding diaryl/α,β-unsaturated/α-hetero) is 1. The molecular weight excluding hydrogens is 279 g/mol. The van der Waals surface area contributed by atoms with Crippen LogP contribution in [-0.4, -0.2) is 71.5 Å². The fourth-order valence-electron chi connectivity index (χ4n) is 2.25. The highest BCUT2D eigenvalue weighted by Crippen LogP contribution is 2.24. The van der Waals surface area contributed by atoms with Crippen LogP contribution in [0.4, 0.5) is 0 Å². The number of ether oxygens (including phenoxy) is 5. The van der Waals surface area contributed by atoms with Gasteiger partial charge in [-0.05, 0) is 6.92 Å². The maximum atomic E-state index is 11.4. The summed E-state index contributed by atoms with van der Waals surface area (Å²) in [6.07, 6.45) is -0.589. The maximum Gasteiger partial charge on any atom is 0.308 e. The van der Waals surface area contributed by atoms with Crippen LogP contribution >= 0.6 is 0 Å². The Bertz CT molecular complexity index is 349.